The SMILES string of the molecule is CC(C)(C)C[n+]1ccc(C(C)(C)C)cc1. The normalized spacial score (nSPS) is 12.9. The molecule has 1 aromatic heterocycles. The lowest BCUT2D eigenvalue weighted by Crippen LogP contribution is -2.39. The van der Waals surface area contributed by atoms with Crippen LogP contribution in [-0.4, -0.2) is 0 Å². The predicted octanol–water partition coefficient (Wildman–Crippen LogP) is 3.32. The van der Waals surface area contributed by atoms with Crippen LogP contribution in [0, 0.1) is 5.41 Å². The van der Waals surface area contributed by atoms with E-state index in [9.17, 15) is 0 Å². The maximum absolute atomic E-state index is 2.26. The number of aromatic nitrogens is 1. The molecule has 84 valence electrons. The summed E-state index contributed by atoms with van der Waals surface area (Å²) in [6.45, 7) is 14.6. The first-order chi connectivity index (χ1) is 6.68. The summed E-state index contributed by atoms with van der Waals surface area (Å²) in [6.07, 6.45) is 4.37. The van der Waals surface area contributed by atoms with Crippen molar-refractivity contribution in [3.05, 3.63) is 30.1 Å². The molecule has 0 radical (unpaired) electrons. The zero-order valence-electron chi connectivity index (χ0n) is 11.0. The van der Waals surface area contributed by atoms with E-state index in [4.69, 9.17) is 0 Å². The highest BCUT2D eigenvalue weighted by Gasteiger charge is 2.18. The first kappa shape index (κ1) is 12.2. The minimum absolute atomic E-state index is 0.251. The van der Waals surface area contributed by atoms with E-state index in [1.807, 2.05) is 0 Å². The van der Waals surface area contributed by atoms with Gasteiger partial charge in [0, 0.05) is 17.5 Å². The third-order valence-electron chi connectivity index (χ3n) is 2.41. The summed E-state index contributed by atoms with van der Waals surface area (Å²) in [4.78, 5) is 0. The fourth-order valence-corrected chi connectivity index (χ4v) is 1.61. The molecule has 1 heterocycles. The van der Waals surface area contributed by atoms with Gasteiger partial charge in [-0.15, -0.1) is 0 Å². The van der Waals surface area contributed by atoms with E-state index in [0.717, 1.165) is 6.54 Å². The molecule has 0 aliphatic rings. The molecule has 0 saturated carbocycles. The van der Waals surface area contributed by atoms with Gasteiger partial charge in [0.15, 0.2) is 18.9 Å². The smallest absolute Gasteiger partial charge is 0.169 e. The molecule has 1 rings (SSSR count). The minimum atomic E-state index is 0.251. The lowest BCUT2D eigenvalue weighted by molar-refractivity contribution is -0.708. The first-order valence-electron chi connectivity index (χ1n) is 5.68. The van der Waals surface area contributed by atoms with E-state index < -0.39 is 0 Å². The second kappa shape index (κ2) is 3.96. The highest BCUT2D eigenvalue weighted by molar-refractivity contribution is 5.17. The van der Waals surface area contributed by atoms with Crippen LogP contribution in [0.2, 0.25) is 0 Å². The Labute approximate surface area is 94.1 Å². The Morgan fingerprint density at radius 3 is 1.73 bits per heavy atom. The zero-order chi connectivity index (χ0) is 11.7. The van der Waals surface area contributed by atoms with E-state index in [1.54, 1.807) is 0 Å². The van der Waals surface area contributed by atoms with Crippen molar-refractivity contribution in [1.82, 2.24) is 0 Å². The van der Waals surface area contributed by atoms with Crippen molar-refractivity contribution in [2.45, 2.75) is 53.5 Å². The maximum atomic E-state index is 2.26. The van der Waals surface area contributed by atoms with E-state index in [0.29, 0.717) is 5.41 Å². The molecule has 0 amide bonds. The Morgan fingerprint density at radius 1 is 0.933 bits per heavy atom. The van der Waals surface area contributed by atoms with Crippen molar-refractivity contribution in [3.63, 3.8) is 0 Å². The van der Waals surface area contributed by atoms with Crippen molar-refractivity contribution < 1.29 is 4.57 Å². The summed E-state index contributed by atoms with van der Waals surface area (Å²) >= 11 is 0. The number of nitrogens with zero attached hydrogens (tertiary/aromatic N) is 1. The van der Waals surface area contributed by atoms with Crippen LogP contribution < -0.4 is 4.57 Å². The Balaban J connectivity index is 2.82. The molecular formula is C14H24N+. The molecule has 0 bridgehead atoms. The number of rotatable bonds is 1. The zero-order valence-corrected chi connectivity index (χ0v) is 11.0. The molecule has 0 aromatic carbocycles. The van der Waals surface area contributed by atoms with Crippen molar-refractivity contribution in [2.24, 2.45) is 5.41 Å². The van der Waals surface area contributed by atoms with Gasteiger partial charge in [-0.1, -0.05) is 41.5 Å². The molecule has 1 heteroatoms. The summed E-state index contributed by atoms with van der Waals surface area (Å²) in [7, 11) is 0. The van der Waals surface area contributed by atoms with Gasteiger partial charge in [0.1, 0.15) is 0 Å². The molecule has 0 fully saturated rings. The van der Waals surface area contributed by atoms with Crippen molar-refractivity contribution >= 4 is 0 Å². The molecule has 15 heavy (non-hydrogen) atoms. The average molecular weight is 206 g/mol. The second-order valence-electron chi connectivity index (χ2n) is 6.57. The van der Waals surface area contributed by atoms with E-state index >= 15 is 0 Å². The van der Waals surface area contributed by atoms with Gasteiger partial charge in [0.25, 0.3) is 0 Å². The van der Waals surface area contributed by atoms with Gasteiger partial charge in [-0.25, -0.2) is 4.57 Å². The van der Waals surface area contributed by atoms with Crippen LogP contribution in [0.25, 0.3) is 0 Å². The van der Waals surface area contributed by atoms with E-state index in [-0.39, 0.29) is 5.41 Å². The lowest BCUT2D eigenvalue weighted by Gasteiger charge is -2.18. The van der Waals surface area contributed by atoms with Gasteiger partial charge in [0.05, 0.1) is 0 Å². The van der Waals surface area contributed by atoms with Crippen LogP contribution in [0.5, 0.6) is 0 Å². The standard InChI is InChI=1S/C14H24N/c1-13(2,3)11-15-9-7-12(8-10-15)14(4,5)6/h7-10H,11H2,1-6H3/q+1. The van der Waals surface area contributed by atoms with Crippen LogP contribution in [0.4, 0.5) is 0 Å². The number of pyridine rings is 1. The largest absolute Gasteiger partial charge is 0.205 e. The number of hydrogen-bond donors (Lipinski definition) is 0. The third-order valence-corrected chi connectivity index (χ3v) is 2.41. The van der Waals surface area contributed by atoms with Crippen LogP contribution in [0.15, 0.2) is 24.5 Å². The molecule has 1 nitrogen and oxygen atoms in total. The molecular weight excluding hydrogens is 182 g/mol. The fourth-order valence-electron chi connectivity index (χ4n) is 1.61. The molecule has 0 N–H and O–H groups in total. The first-order valence-corrected chi connectivity index (χ1v) is 5.68. The third kappa shape index (κ3) is 4.03. The van der Waals surface area contributed by atoms with Gasteiger partial charge in [-0.2, -0.15) is 0 Å². The predicted molar refractivity (Wildman–Crippen MR) is 64.8 cm³/mol. The van der Waals surface area contributed by atoms with Gasteiger partial charge in [-0.05, 0) is 11.0 Å². The Hall–Kier alpha value is -0.850. The molecule has 1 aromatic rings. The molecule has 0 saturated heterocycles. The van der Waals surface area contributed by atoms with E-state index in [1.165, 1.54) is 5.56 Å². The Morgan fingerprint density at radius 2 is 1.40 bits per heavy atom. The van der Waals surface area contributed by atoms with Gasteiger partial charge in [-0.3, -0.25) is 0 Å². The van der Waals surface area contributed by atoms with Crippen molar-refractivity contribution in [1.29, 1.82) is 0 Å². The Kier molecular flexibility index (Phi) is 3.22. The lowest BCUT2D eigenvalue weighted by atomic mass is 9.88. The van der Waals surface area contributed by atoms with E-state index in [2.05, 4.69) is 70.6 Å². The topological polar surface area (TPSA) is 3.88 Å². The fraction of sp³-hybridized carbons (Fsp3) is 0.643. The number of hydrogen-bond acceptors (Lipinski definition) is 0. The van der Waals surface area contributed by atoms with Crippen LogP contribution >= 0.6 is 0 Å². The summed E-state index contributed by atoms with van der Waals surface area (Å²) < 4.78 is 2.26. The second-order valence-corrected chi connectivity index (χ2v) is 6.57. The Bertz CT molecular complexity index is 309. The summed E-state index contributed by atoms with van der Waals surface area (Å²) in [5, 5.41) is 0. The van der Waals surface area contributed by atoms with Crippen LogP contribution in [-0.2, 0) is 12.0 Å². The molecule has 0 spiro atoms. The maximum Gasteiger partial charge on any atom is 0.169 e. The van der Waals surface area contributed by atoms with Gasteiger partial charge < -0.3 is 0 Å². The quantitative estimate of drug-likeness (QED) is 0.621. The minimum Gasteiger partial charge on any atom is -0.205 e. The monoisotopic (exact) mass is 206 g/mol. The highest BCUT2D eigenvalue weighted by Crippen LogP contribution is 2.20. The highest BCUT2D eigenvalue weighted by atomic mass is 14.9. The summed E-state index contributed by atoms with van der Waals surface area (Å²) in [5.74, 6) is 0. The van der Waals surface area contributed by atoms with Crippen molar-refractivity contribution in [2.75, 3.05) is 0 Å². The molecule has 0 aliphatic heterocycles. The average Bonchev–Trinajstić information content (AvgIpc) is 2.00. The van der Waals surface area contributed by atoms with Crippen LogP contribution in [0.1, 0.15) is 47.1 Å². The van der Waals surface area contributed by atoms with Crippen molar-refractivity contribution in [3.8, 4) is 0 Å². The molecule has 0 atom stereocenters. The molecule has 0 aliphatic carbocycles. The summed E-state index contributed by atoms with van der Waals surface area (Å²) in [5.41, 5.74) is 1.99. The van der Waals surface area contributed by atoms with Gasteiger partial charge >= 0.3 is 0 Å². The van der Waals surface area contributed by atoms with Crippen LogP contribution in [0.3, 0.4) is 0 Å². The summed E-state index contributed by atoms with van der Waals surface area (Å²) in [6, 6.07) is 4.46. The van der Waals surface area contributed by atoms with Gasteiger partial charge in [0.2, 0.25) is 0 Å². The molecule has 0 unspecified atom stereocenters.